The molecule has 6 heteroatoms. The van der Waals surface area contributed by atoms with E-state index in [1.807, 2.05) is 79.7 Å². The van der Waals surface area contributed by atoms with Crippen molar-refractivity contribution in [3.63, 3.8) is 0 Å². The molecule has 0 fully saturated rings. The highest BCUT2D eigenvalue weighted by atomic mass is 16.5. The van der Waals surface area contributed by atoms with Crippen LogP contribution in [-0.4, -0.2) is 36.5 Å². The van der Waals surface area contributed by atoms with Crippen LogP contribution < -0.4 is 14.8 Å². The van der Waals surface area contributed by atoms with Gasteiger partial charge in [-0.25, -0.2) is 0 Å². The Morgan fingerprint density at radius 1 is 0.909 bits per heavy atom. The van der Waals surface area contributed by atoms with Crippen molar-refractivity contribution in [2.45, 2.75) is 32.0 Å². The first kappa shape index (κ1) is 22.4. The molecule has 0 aliphatic carbocycles. The van der Waals surface area contributed by atoms with Gasteiger partial charge in [0.05, 0.1) is 14.2 Å². The molecule has 1 unspecified atom stereocenters. The van der Waals surface area contributed by atoms with Crippen LogP contribution in [0.25, 0.3) is 0 Å². The van der Waals surface area contributed by atoms with Gasteiger partial charge in [-0.1, -0.05) is 42.5 Å². The van der Waals surface area contributed by atoms with Gasteiger partial charge in [0.25, 0.3) is 5.91 Å². The van der Waals surface area contributed by atoms with Crippen molar-refractivity contribution in [1.82, 2.24) is 10.2 Å². The van der Waals surface area contributed by atoms with Crippen molar-refractivity contribution in [1.29, 1.82) is 0 Å². The summed E-state index contributed by atoms with van der Waals surface area (Å²) in [5, 5.41) is 3.04. The van der Waals surface area contributed by atoms with Crippen molar-refractivity contribution in [2.75, 3.05) is 14.2 Å². The number of rotatable bonds is 7. The minimum Gasteiger partial charge on any atom is -0.497 e. The number of methoxy groups -OCH3 is 2. The average molecular weight is 445 g/mol. The molecule has 4 rings (SSSR count). The summed E-state index contributed by atoms with van der Waals surface area (Å²) in [6.45, 7) is 2.53. The lowest BCUT2D eigenvalue weighted by molar-refractivity contribution is -0.132. The van der Waals surface area contributed by atoms with E-state index in [9.17, 15) is 9.59 Å². The zero-order chi connectivity index (χ0) is 23.4. The average Bonchev–Trinajstić information content (AvgIpc) is 2.85. The molecule has 0 saturated heterocycles. The molecule has 3 aromatic rings. The maximum Gasteiger partial charge on any atom is 0.255 e. The van der Waals surface area contributed by atoms with Crippen LogP contribution in [0, 0.1) is 0 Å². The van der Waals surface area contributed by atoms with Gasteiger partial charge in [-0.2, -0.15) is 0 Å². The van der Waals surface area contributed by atoms with Gasteiger partial charge < -0.3 is 19.7 Å². The molecule has 0 bridgehead atoms. The lowest BCUT2D eigenvalue weighted by Crippen LogP contribution is -2.62. The first-order chi connectivity index (χ1) is 15.9. The normalized spacial score (nSPS) is 17.3. The molecule has 1 atom stereocenters. The fourth-order valence-corrected chi connectivity index (χ4v) is 4.20. The lowest BCUT2D eigenvalue weighted by Gasteiger charge is -2.44. The molecule has 2 amide bonds. The molecular weight excluding hydrogens is 416 g/mol. The highest BCUT2D eigenvalue weighted by Crippen LogP contribution is 2.33. The van der Waals surface area contributed by atoms with Crippen molar-refractivity contribution >= 4 is 11.8 Å². The number of nitrogens with zero attached hydrogens (tertiary/aromatic N) is 1. The summed E-state index contributed by atoms with van der Waals surface area (Å²) < 4.78 is 10.4. The van der Waals surface area contributed by atoms with Gasteiger partial charge in [-0.3, -0.25) is 9.59 Å². The maximum atomic E-state index is 13.5. The molecule has 3 aromatic carbocycles. The fourth-order valence-electron chi connectivity index (χ4n) is 4.20. The number of hydrogen-bond donors (Lipinski definition) is 1. The van der Waals surface area contributed by atoms with E-state index in [0.717, 1.165) is 28.2 Å². The van der Waals surface area contributed by atoms with Crippen molar-refractivity contribution in [3.8, 4) is 11.5 Å². The summed E-state index contributed by atoms with van der Waals surface area (Å²) in [6, 6.07) is 22.6. The first-order valence-corrected chi connectivity index (χ1v) is 10.9. The van der Waals surface area contributed by atoms with E-state index in [1.54, 1.807) is 19.1 Å². The van der Waals surface area contributed by atoms with E-state index in [-0.39, 0.29) is 11.8 Å². The number of carbonyl (C=O) groups excluding carboxylic acids is 2. The summed E-state index contributed by atoms with van der Waals surface area (Å²) in [4.78, 5) is 28.7. The van der Waals surface area contributed by atoms with E-state index in [4.69, 9.17) is 9.47 Å². The van der Waals surface area contributed by atoms with Crippen LogP contribution in [0.3, 0.4) is 0 Å². The molecule has 1 heterocycles. The molecule has 0 spiro atoms. The molecule has 6 nitrogen and oxygen atoms in total. The lowest BCUT2D eigenvalue weighted by atomic mass is 9.82. The van der Waals surface area contributed by atoms with Gasteiger partial charge >= 0.3 is 0 Å². The van der Waals surface area contributed by atoms with E-state index >= 15 is 0 Å². The smallest absolute Gasteiger partial charge is 0.255 e. The maximum absolute atomic E-state index is 13.5. The van der Waals surface area contributed by atoms with Crippen LogP contribution in [-0.2, 0) is 24.3 Å². The number of amides is 2. The Balaban J connectivity index is 1.60. The first-order valence-electron chi connectivity index (χ1n) is 10.9. The minimum absolute atomic E-state index is 0.144. The summed E-state index contributed by atoms with van der Waals surface area (Å²) in [5.41, 5.74) is 2.38. The molecule has 0 aromatic heterocycles. The third-order valence-electron chi connectivity index (χ3n) is 6.22. The molecule has 1 aliphatic heterocycles. The third-order valence-corrected chi connectivity index (χ3v) is 6.22. The van der Waals surface area contributed by atoms with Crippen LogP contribution in [0.1, 0.15) is 34.0 Å². The topological polar surface area (TPSA) is 67.9 Å². The summed E-state index contributed by atoms with van der Waals surface area (Å²) in [7, 11) is 3.23. The van der Waals surface area contributed by atoms with Gasteiger partial charge in [0, 0.05) is 25.1 Å². The quantitative estimate of drug-likeness (QED) is 0.599. The van der Waals surface area contributed by atoms with E-state index in [0.29, 0.717) is 25.1 Å². The Hall–Kier alpha value is -3.80. The second kappa shape index (κ2) is 9.36. The highest BCUT2D eigenvalue weighted by Gasteiger charge is 2.46. The number of ether oxygens (including phenoxy) is 2. The second-order valence-corrected chi connectivity index (χ2v) is 8.38. The zero-order valence-electron chi connectivity index (χ0n) is 19.1. The van der Waals surface area contributed by atoms with Crippen molar-refractivity contribution < 1.29 is 19.1 Å². The van der Waals surface area contributed by atoms with Crippen LogP contribution >= 0.6 is 0 Å². The van der Waals surface area contributed by atoms with Crippen LogP contribution in [0.2, 0.25) is 0 Å². The molecule has 0 saturated carbocycles. The summed E-state index contributed by atoms with van der Waals surface area (Å²) >= 11 is 0. The SMILES string of the molecule is COc1ccc(CNC(=O)C2(C)Cc3ccccc3C(=O)N2Cc2ccc(OC)cc2)cc1. The molecule has 1 N–H and O–H groups in total. The number of fused-ring (bicyclic) bond motifs is 1. The van der Waals surface area contributed by atoms with Crippen LogP contribution in [0.15, 0.2) is 72.8 Å². The van der Waals surface area contributed by atoms with Gasteiger partial charge in [0.1, 0.15) is 17.0 Å². The van der Waals surface area contributed by atoms with Crippen molar-refractivity contribution in [2.24, 2.45) is 0 Å². The largest absolute Gasteiger partial charge is 0.497 e. The fraction of sp³-hybridized carbons (Fsp3) is 0.259. The second-order valence-electron chi connectivity index (χ2n) is 8.38. The Kier molecular flexibility index (Phi) is 6.36. The number of benzene rings is 3. The van der Waals surface area contributed by atoms with Gasteiger partial charge in [-0.15, -0.1) is 0 Å². The van der Waals surface area contributed by atoms with E-state index in [1.165, 1.54) is 0 Å². The molecule has 170 valence electrons. The standard InChI is InChI=1S/C27H28N2O4/c1-27(26(31)28-17-19-8-12-22(32-2)13-9-19)16-21-6-4-5-7-24(21)25(30)29(27)18-20-10-14-23(33-3)15-11-20/h4-15H,16-18H2,1-3H3,(H,28,31). The third kappa shape index (κ3) is 4.55. The summed E-state index contributed by atoms with van der Waals surface area (Å²) in [5.74, 6) is 1.18. The van der Waals surface area contributed by atoms with E-state index in [2.05, 4.69) is 5.32 Å². The molecule has 1 aliphatic rings. The van der Waals surface area contributed by atoms with Crippen molar-refractivity contribution in [3.05, 3.63) is 95.1 Å². The van der Waals surface area contributed by atoms with Gasteiger partial charge in [0.15, 0.2) is 0 Å². The number of carbonyl (C=O) groups is 2. The molecule has 33 heavy (non-hydrogen) atoms. The Bertz CT molecular complexity index is 1140. The number of nitrogens with one attached hydrogen (secondary N) is 1. The predicted octanol–water partition coefficient (Wildman–Crippen LogP) is 3.98. The Morgan fingerprint density at radius 3 is 2.09 bits per heavy atom. The van der Waals surface area contributed by atoms with E-state index < -0.39 is 5.54 Å². The highest BCUT2D eigenvalue weighted by molar-refractivity contribution is 6.02. The van der Waals surface area contributed by atoms with Gasteiger partial charge in [-0.05, 0) is 53.9 Å². The Morgan fingerprint density at radius 2 is 1.48 bits per heavy atom. The molecule has 0 radical (unpaired) electrons. The molecular formula is C27H28N2O4. The zero-order valence-corrected chi connectivity index (χ0v) is 19.1. The van der Waals surface area contributed by atoms with Gasteiger partial charge in [0.2, 0.25) is 5.91 Å². The monoisotopic (exact) mass is 444 g/mol. The van der Waals surface area contributed by atoms with Crippen LogP contribution in [0.5, 0.6) is 11.5 Å². The predicted molar refractivity (Wildman–Crippen MR) is 126 cm³/mol. The minimum atomic E-state index is -1.03. The van der Waals surface area contributed by atoms with Crippen LogP contribution in [0.4, 0.5) is 0 Å². The summed E-state index contributed by atoms with van der Waals surface area (Å²) in [6.07, 6.45) is 0.444. The Labute approximate surface area is 194 Å². The number of hydrogen-bond acceptors (Lipinski definition) is 4.